The first-order valence-corrected chi connectivity index (χ1v) is 4.89. The van der Waals surface area contributed by atoms with E-state index in [1.165, 1.54) is 0 Å². The van der Waals surface area contributed by atoms with E-state index in [1.807, 2.05) is 6.07 Å². The largest absolute Gasteiger partial charge is 0.323 e. The summed E-state index contributed by atoms with van der Waals surface area (Å²) in [6, 6.07) is 5.26. The molecule has 0 spiro atoms. The van der Waals surface area contributed by atoms with Gasteiger partial charge in [-0.15, -0.1) is 0 Å². The maximum atomic E-state index is 8.72. The molecule has 0 aliphatic rings. The van der Waals surface area contributed by atoms with E-state index in [4.69, 9.17) is 22.6 Å². The predicted molar refractivity (Wildman–Crippen MR) is 55.8 cm³/mol. The number of nitriles is 1. The number of aromatic nitrogens is 1. The normalized spacial score (nSPS) is 12.1. The summed E-state index contributed by atoms with van der Waals surface area (Å²) < 4.78 is 0. The van der Waals surface area contributed by atoms with Crippen molar-refractivity contribution in [2.45, 2.75) is 25.8 Å². The number of rotatable bonds is 3. The first-order chi connectivity index (χ1) is 6.69. The number of nitrogens with two attached hydrogens (primary N) is 1. The minimum Gasteiger partial charge on any atom is -0.323 e. The third-order valence-corrected chi connectivity index (χ3v) is 2.26. The zero-order valence-corrected chi connectivity index (χ0v) is 8.75. The predicted octanol–water partition coefficient (Wildman–Crippen LogP) is 2.41. The monoisotopic (exact) mass is 209 g/mol. The summed E-state index contributed by atoms with van der Waals surface area (Å²) in [6.07, 6.45) is 1.85. The molecule has 1 atom stereocenters. The maximum absolute atomic E-state index is 8.72. The second-order valence-electron chi connectivity index (χ2n) is 3.07. The van der Waals surface area contributed by atoms with Gasteiger partial charge < -0.3 is 5.73 Å². The third kappa shape index (κ3) is 2.44. The Kier molecular flexibility index (Phi) is 3.87. The zero-order chi connectivity index (χ0) is 10.6. The lowest BCUT2D eigenvalue weighted by atomic mass is 10.1. The van der Waals surface area contributed by atoms with Crippen LogP contribution in [0.2, 0.25) is 5.02 Å². The van der Waals surface area contributed by atoms with Crippen LogP contribution >= 0.6 is 11.6 Å². The average Bonchev–Trinajstić information content (AvgIpc) is 2.19. The highest BCUT2D eigenvalue weighted by Crippen LogP contribution is 2.18. The van der Waals surface area contributed by atoms with Gasteiger partial charge in [0.15, 0.2) is 5.69 Å². The van der Waals surface area contributed by atoms with Crippen molar-refractivity contribution in [1.82, 2.24) is 4.98 Å². The molecule has 3 nitrogen and oxygen atoms in total. The van der Waals surface area contributed by atoms with Crippen LogP contribution in [0.25, 0.3) is 0 Å². The lowest BCUT2D eigenvalue weighted by molar-refractivity contribution is 0.621. The number of halogens is 1. The van der Waals surface area contributed by atoms with Gasteiger partial charge in [0.05, 0.1) is 10.7 Å². The van der Waals surface area contributed by atoms with Crippen molar-refractivity contribution in [3.05, 3.63) is 28.5 Å². The van der Waals surface area contributed by atoms with Crippen molar-refractivity contribution in [2.75, 3.05) is 0 Å². The number of pyridine rings is 1. The topological polar surface area (TPSA) is 62.7 Å². The van der Waals surface area contributed by atoms with Crippen LogP contribution in [-0.2, 0) is 0 Å². The highest BCUT2D eigenvalue weighted by atomic mass is 35.5. The molecule has 4 heteroatoms. The van der Waals surface area contributed by atoms with Crippen molar-refractivity contribution >= 4 is 11.6 Å². The molecule has 1 rings (SSSR count). The Labute approximate surface area is 88.5 Å². The summed E-state index contributed by atoms with van der Waals surface area (Å²) in [5.41, 5.74) is 6.84. The van der Waals surface area contributed by atoms with Gasteiger partial charge >= 0.3 is 0 Å². The number of hydrogen-bond donors (Lipinski definition) is 1. The van der Waals surface area contributed by atoms with Crippen molar-refractivity contribution < 1.29 is 0 Å². The van der Waals surface area contributed by atoms with E-state index in [-0.39, 0.29) is 11.7 Å². The van der Waals surface area contributed by atoms with E-state index >= 15 is 0 Å². The Morgan fingerprint density at radius 3 is 2.93 bits per heavy atom. The number of hydrogen-bond acceptors (Lipinski definition) is 3. The molecule has 0 amide bonds. The molecule has 1 heterocycles. The fourth-order valence-corrected chi connectivity index (χ4v) is 1.35. The van der Waals surface area contributed by atoms with Gasteiger partial charge in [0.25, 0.3) is 0 Å². The Bertz CT molecular complexity index is 357. The lowest BCUT2D eigenvalue weighted by Crippen LogP contribution is -2.12. The Morgan fingerprint density at radius 1 is 1.64 bits per heavy atom. The summed E-state index contributed by atoms with van der Waals surface area (Å²) in [4.78, 5) is 4.09. The molecule has 0 bridgehead atoms. The fraction of sp³-hybridized carbons (Fsp3) is 0.400. The Hall–Kier alpha value is -1.11. The van der Waals surface area contributed by atoms with E-state index in [2.05, 4.69) is 11.9 Å². The minimum absolute atomic E-state index is 0.107. The molecular weight excluding hydrogens is 198 g/mol. The van der Waals surface area contributed by atoms with Gasteiger partial charge in [-0.1, -0.05) is 24.9 Å². The van der Waals surface area contributed by atoms with E-state index in [9.17, 15) is 0 Å². The minimum atomic E-state index is -0.107. The lowest BCUT2D eigenvalue weighted by Gasteiger charge is -2.09. The summed E-state index contributed by atoms with van der Waals surface area (Å²) in [7, 11) is 0. The zero-order valence-electron chi connectivity index (χ0n) is 8.00. The van der Waals surface area contributed by atoms with Gasteiger partial charge in [-0.2, -0.15) is 5.26 Å². The second kappa shape index (κ2) is 4.94. The fourth-order valence-electron chi connectivity index (χ4n) is 1.20. The van der Waals surface area contributed by atoms with Crippen LogP contribution in [0.15, 0.2) is 12.1 Å². The van der Waals surface area contributed by atoms with E-state index in [0.717, 1.165) is 18.5 Å². The molecule has 0 unspecified atom stereocenters. The van der Waals surface area contributed by atoms with Crippen LogP contribution in [-0.4, -0.2) is 4.98 Å². The Morgan fingerprint density at radius 2 is 2.36 bits per heavy atom. The van der Waals surface area contributed by atoms with E-state index in [0.29, 0.717) is 5.02 Å². The molecular formula is C10H12ClN3. The van der Waals surface area contributed by atoms with Gasteiger partial charge in [-0.3, -0.25) is 0 Å². The summed E-state index contributed by atoms with van der Waals surface area (Å²) >= 11 is 5.75. The van der Waals surface area contributed by atoms with Crippen molar-refractivity contribution in [3.63, 3.8) is 0 Å². The molecule has 0 aromatic carbocycles. The first kappa shape index (κ1) is 11.0. The van der Waals surface area contributed by atoms with Crippen LogP contribution in [0.3, 0.4) is 0 Å². The van der Waals surface area contributed by atoms with Crippen molar-refractivity contribution in [1.29, 1.82) is 5.26 Å². The first-order valence-electron chi connectivity index (χ1n) is 4.51. The van der Waals surface area contributed by atoms with Crippen molar-refractivity contribution in [3.8, 4) is 6.07 Å². The standard InChI is InChI=1S/C10H12ClN3/c1-2-3-8(13)9-5-4-7(11)10(6-12)14-9/h4-5,8H,2-3,13H2,1H3/t8-/m0/s1. The van der Waals surface area contributed by atoms with E-state index in [1.54, 1.807) is 12.1 Å². The molecule has 0 radical (unpaired) electrons. The molecule has 0 aliphatic heterocycles. The third-order valence-electron chi connectivity index (χ3n) is 1.95. The molecule has 0 fully saturated rings. The van der Waals surface area contributed by atoms with Crippen LogP contribution in [0.1, 0.15) is 37.2 Å². The van der Waals surface area contributed by atoms with Crippen molar-refractivity contribution in [2.24, 2.45) is 5.73 Å². The molecule has 0 saturated heterocycles. The van der Waals surface area contributed by atoms with Crippen LogP contribution in [0.5, 0.6) is 0 Å². The smallest absolute Gasteiger partial charge is 0.159 e. The molecule has 0 aliphatic carbocycles. The molecule has 74 valence electrons. The molecule has 1 aromatic rings. The van der Waals surface area contributed by atoms with Gasteiger partial charge in [0.2, 0.25) is 0 Å². The SMILES string of the molecule is CCC[C@H](N)c1ccc(Cl)c(C#N)n1. The average molecular weight is 210 g/mol. The quantitative estimate of drug-likeness (QED) is 0.832. The number of nitrogens with zero attached hydrogens (tertiary/aromatic N) is 2. The summed E-state index contributed by atoms with van der Waals surface area (Å²) in [5.74, 6) is 0. The van der Waals surface area contributed by atoms with Crippen LogP contribution in [0.4, 0.5) is 0 Å². The van der Waals surface area contributed by atoms with Gasteiger partial charge in [0, 0.05) is 6.04 Å². The van der Waals surface area contributed by atoms with Gasteiger partial charge in [-0.05, 0) is 18.6 Å². The molecule has 0 saturated carbocycles. The molecule has 14 heavy (non-hydrogen) atoms. The van der Waals surface area contributed by atoms with Gasteiger partial charge in [0.1, 0.15) is 6.07 Å². The van der Waals surface area contributed by atoms with E-state index < -0.39 is 0 Å². The van der Waals surface area contributed by atoms with Crippen LogP contribution < -0.4 is 5.73 Å². The second-order valence-corrected chi connectivity index (χ2v) is 3.48. The summed E-state index contributed by atoms with van der Waals surface area (Å²) in [5, 5.41) is 9.09. The molecule has 1 aromatic heterocycles. The summed E-state index contributed by atoms with van der Waals surface area (Å²) in [6.45, 7) is 2.06. The highest BCUT2D eigenvalue weighted by molar-refractivity contribution is 6.31. The van der Waals surface area contributed by atoms with Crippen LogP contribution in [0, 0.1) is 11.3 Å². The highest BCUT2D eigenvalue weighted by Gasteiger charge is 2.09. The molecule has 2 N–H and O–H groups in total. The maximum Gasteiger partial charge on any atom is 0.159 e. The Balaban J connectivity index is 2.95. The van der Waals surface area contributed by atoms with Gasteiger partial charge in [-0.25, -0.2) is 4.98 Å².